The number of nitrogens with zero attached hydrogens (tertiary/aromatic N) is 3. The summed E-state index contributed by atoms with van der Waals surface area (Å²) >= 11 is 0. The van der Waals surface area contributed by atoms with Crippen LogP contribution in [-0.4, -0.2) is 62.6 Å². The van der Waals surface area contributed by atoms with Crippen LogP contribution in [0.5, 0.6) is 0 Å². The SMILES string of the molecule is C=CCCCN(C)C(=NC)NCCN1CCCCC1. The summed E-state index contributed by atoms with van der Waals surface area (Å²) in [5.41, 5.74) is 0. The van der Waals surface area contributed by atoms with Crippen molar-refractivity contribution in [2.45, 2.75) is 32.1 Å². The molecule has 1 rings (SSSR count). The highest BCUT2D eigenvalue weighted by Crippen LogP contribution is 2.07. The Kier molecular flexibility index (Phi) is 8.30. The fourth-order valence-corrected chi connectivity index (χ4v) is 2.47. The highest BCUT2D eigenvalue weighted by atomic mass is 15.3. The van der Waals surface area contributed by atoms with Gasteiger partial charge < -0.3 is 15.1 Å². The maximum absolute atomic E-state index is 4.34. The standard InChI is InChI=1S/C15H30N4/c1-4-5-7-11-18(3)15(16-2)17-10-14-19-12-8-6-9-13-19/h4H,1,5-14H2,2-3H3,(H,16,17). The molecular formula is C15H30N4. The molecule has 1 aliphatic rings. The van der Waals surface area contributed by atoms with Crippen molar-refractivity contribution in [3.63, 3.8) is 0 Å². The third-order valence-corrected chi connectivity index (χ3v) is 3.63. The van der Waals surface area contributed by atoms with Gasteiger partial charge in [-0.1, -0.05) is 12.5 Å². The monoisotopic (exact) mass is 266 g/mol. The van der Waals surface area contributed by atoms with Crippen LogP contribution in [0.25, 0.3) is 0 Å². The lowest BCUT2D eigenvalue weighted by Crippen LogP contribution is -2.43. The van der Waals surface area contributed by atoms with Crippen LogP contribution in [0.1, 0.15) is 32.1 Å². The Morgan fingerprint density at radius 1 is 1.37 bits per heavy atom. The molecule has 0 unspecified atom stereocenters. The van der Waals surface area contributed by atoms with Crippen molar-refractivity contribution in [3.8, 4) is 0 Å². The zero-order valence-corrected chi connectivity index (χ0v) is 12.7. The molecule has 19 heavy (non-hydrogen) atoms. The first kappa shape index (κ1) is 16.0. The quantitative estimate of drug-likeness (QED) is 0.331. The lowest BCUT2D eigenvalue weighted by Gasteiger charge is -2.28. The van der Waals surface area contributed by atoms with Crippen LogP contribution in [0, 0.1) is 0 Å². The number of likely N-dealkylation sites (tertiary alicyclic amines) is 1. The highest BCUT2D eigenvalue weighted by molar-refractivity contribution is 5.79. The Bertz CT molecular complexity index is 269. The summed E-state index contributed by atoms with van der Waals surface area (Å²) in [5, 5.41) is 3.45. The average Bonchev–Trinajstić information content (AvgIpc) is 2.45. The van der Waals surface area contributed by atoms with Crippen molar-refractivity contribution < 1.29 is 0 Å². The number of allylic oxidation sites excluding steroid dienone is 1. The molecule has 4 heteroatoms. The van der Waals surface area contributed by atoms with Gasteiger partial charge in [-0.05, 0) is 38.8 Å². The fourth-order valence-electron chi connectivity index (χ4n) is 2.47. The van der Waals surface area contributed by atoms with Crippen LogP contribution in [0.2, 0.25) is 0 Å². The number of hydrogen-bond acceptors (Lipinski definition) is 2. The molecule has 0 amide bonds. The molecule has 0 bridgehead atoms. The molecule has 4 nitrogen and oxygen atoms in total. The van der Waals surface area contributed by atoms with Crippen molar-refractivity contribution in [1.82, 2.24) is 15.1 Å². The Morgan fingerprint density at radius 3 is 2.74 bits per heavy atom. The van der Waals surface area contributed by atoms with E-state index in [1.807, 2.05) is 13.1 Å². The lowest BCUT2D eigenvalue weighted by atomic mass is 10.1. The van der Waals surface area contributed by atoms with Gasteiger partial charge in [-0.25, -0.2) is 0 Å². The summed E-state index contributed by atoms with van der Waals surface area (Å²) in [7, 11) is 3.95. The van der Waals surface area contributed by atoms with E-state index in [4.69, 9.17) is 0 Å². The normalized spacial score (nSPS) is 17.3. The van der Waals surface area contributed by atoms with Gasteiger partial charge in [0.25, 0.3) is 0 Å². The number of unbranched alkanes of at least 4 members (excludes halogenated alkanes) is 1. The van der Waals surface area contributed by atoms with E-state index in [1.165, 1.54) is 32.4 Å². The zero-order valence-electron chi connectivity index (χ0n) is 12.7. The Hall–Kier alpha value is -1.03. The molecule has 1 aliphatic heterocycles. The summed E-state index contributed by atoms with van der Waals surface area (Å²) in [5.74, 6) is 1.00. The van der Waals surface area contributed by atoms with Gasteiger partial charge >= 0.3 is 0 Å². The van der Waals surface area contributed by atoms with E-state index in [0.717, 1.165) is 38.4 Å². The van der Waals surface area contributed by atoms with Gasteiger partial charge in [-0.3, -0.25) is 4.99 Å². The Labute approximate surface area is 118 Å². The molecule has 1 heterocycles. The maximum Gasteiger partial charge on any atom is 0.193 e. The molecular weight excluding hydrogens is 236 g/mol. The molecule has 0 radical (unpaired) electrons. The van der Waals surface area contributed by atoms with Crippen LogP contribution in [0.15, 0.2) is 17.6 Å². The van der Waals surface area contributed by atoms with E-state index in [1.54, 1.807) is 0 Å². The molecule has 1 fully saturated rings. The molecule has 0 aliphatic carbocycles. The maximum atomic E-state index is 4.34. The number of aliphatic imine (C=N–C) groups is 1. The van der Waals surface area contributed by atoms with E-state index in [2.05, 4.69) is 33.7 Å². The van der Waals surface area contributed by atoms with Crippen LogP contribution in [-0.2, 0) is 0 Å². The van der Waals surface area contributed by atoms with Crippen LogP contribution < -0.4 is 5.32 Å². The number of rotatable bonds is 7. The van der Waals surface area contributed by atoms with Crippen LogP contribution in [0.4, 0.5) is 0 Å². The van der Waals surface area contributed by atoms with Crippen molar-refractivity contribution >= 4 is 5.96 Å². The second-order valence-electron chi connectivity index (χ2n) is 5.23. The molecule has 0 spiro atoms. The summed E-state index contributed by atoms with van der Waals surface area (Å²) in [6.45, 7) is 9.41. The summed E-state index contributed by atoms with van der Waals surface area (Å²) in [6.07, 6.45) is 8.28. The topological polar surface area (TPSA) is 30.9 Å². The lowest BCUT2D eigenvalue weighted by molar-refractivity contribution is 0.231. The Morgan fingerprint density at radius 2 is 2.11 bits per heavy atom. The van der Waals surface area contributed by atoms with E-state index in [9.17, 15) is 0 Å². The van der Waals surface area contributed by atoms with Crippen LogP contribution in [0.3, 0.4) is 0 Å². The largest absolute Gasteiger partial charge is 0.355 e. The first-order valence-electron chi connectivity index (χ1n) is 7.53. The van der Waals surface area contributed by atoms with Crippen molar-refractivity contribution in [1.29, 1.82) is 0 Å². The second kappa shape index (κ2) is 9.84. The fraction of sp³-hybridized carbons (Fsp3) is 0.800. The average molecular weight is 266 g/mol. The molecule has 1 saturated heterocycles. The molecule has 0 aromatic rings. The summed E-state index contributed by atoms with van der Waals surface area (Å²) in [6, 6.07) is 0. The zero-order chi connectivity index (χ0) is 13.9. The van der Waals surface area contributed by atoms with E-state index in [0.29, 0.717) is 0 Å². The number of piperidine rings is 1. The molecule has 0 aromatic heterocycles. The minimum absolute atomic E-state index is 0.985. The second-order valence-corrected chi connectivity index (χ2v) is 5.23. The first-order chi connectivity index (χ1) is 9.27. The highest BCUT2D eigenvalue weighted by Gasteiger charge is 2.10. The van der Waals surface area contributed by atoms with Crippen LogP contribution >= 0.6 is 0 Å². The molecule has 0 atom stereocenters. The predicted molar refractivity (Wildman–Crippen MR) is 83.7 cm³/mol. The third-order valence-electron chi connectivity index (χ3n) is 3.63. The van der Waals surface area contributed by atoms with Gasteiger partial charge in [0.15, 0.2) is 5.96 Å². The van der Waals surface area contributed by atoms with Gasteiger partial charge in [0, 0.05) is 33.7 Å². The van der Waals surface area contributed by atoms with Gasteiger partial charge in [-0.2, -0.15) is 0 Å². The van der Waals surface area contributed by atoms with E-state index >= 15 is 0 Å². The first-order valence-corrected chi connectivity index (χ1v) is 7.53. The minimum Gasteiger partial charge on any atom is -0.355 e. The van der Waals surface area contributed by atoms with Gasteiger partial charge in [0.05, 0.1) is 0 Å². The van der Waals surface area contributed by atoms with E-state index in [-0.39, 0.29) is 0 Å². The van der Waals surface area contributed by atoms with Gasteiger partial charge in [-0.15, -0.1) is 6.58 Å². The van der Waals surface area contributed by atoms with Crippen molar-refractivity contribution in [3.05, 3.63) is 12.7 Å². The van der Waals surface area contributed by atoms with Crippen molar-refractivity contribution in [2.75, 3.05) is 46.8 Å². The molecule has 0 aromatic carbocycles. The van der Waals surface area contributed by atoms with Gasteiger partial charge in [0.2, 0.25) is 0 Å². The number of nitrogens with one attached hydrogen (secondary N) is 1. The van der Waals surface area contributed by atoms with Crippen molar-refractivity contribution in [2.24, 2.45) is 4.99 Å². The predicted octanol–water partition coefficient (Wildman–Crippen LogP) is 1.95. The number of guanidine groups is 1. The molecule has 110 valence electrons. The number of hydrogen-bond donors (Lipinski definition) is 1. The van der Waals surface area contributed by atoms with Gasteiger partial charge in [0.1, 0.15) is 0 Å². The summed E-state index contributed by atoms with van der Waals surface area (Å²) < 4.78 is 0. The summed E-state index contributed by atoms with van der Waals surface area (Å²) in [4.78, 5) is 9.07. The van der Waals surface area contributed by atoms with E-state index < -0.39 is 0 Å². The smallest absolute Gasteiger partial charge is 0.193 e. The molecule has 0 saturated carbocycles. The minimum atomic E-state index is 0.985. The Balaban J connectivity index is 2.18. The third kappa shape index (κ3) is 6.62. The molecule has 1 N–H and O–H groups in total.